The van der Waals surface area contributed by atoms with Gasteiger partial charge < -0.3 is 24.3 Å². The number of amides is 1. The molecule has 1 unspecified atom stereocenters. The van der Waals surface area contributed by atoms with Crippen LogP contribution in [0.25, 0.3) is 0 Å². The number of nitrogens with one attached hydrogen (secondary N) is 1. The number of rotatable bonds is 7. The van der Waals surface area contributed by atoms with E-state index >= 15 is 0 Å². The molecule has 9 heteroatoms. The van der Waals surface area contributed by atoms with Crippen LogP contribution in [0, 0.1) is 0 Å². The standard InChI is InChI=1S/C22H24ClNO6Si/c1-27-16-7-6-8-17(28-2)20(16)24-22(26)21-15(25)12-19(30-21)29-18-11-13(31(3,4)5)9-10-14(18)23/h6-12,21H,1-5H3,(H,24,26). The van der Waals surface area contributed by atoms with Crippen LogP contribution in [0.4, 0.5) is 5.69 Å². The maximum Gasteiger partial charge on any atom is 0.289 e. The van der Waals surface area contributed by atoms with E-state index in [0.717, 1.165) is 11.3 Å². The molecule has 1 heterocycles. The highest BCUT2D eigenvalue weighted by Crippen LogP contribution is 2.35. The van der Waals surface area contributed by atoms with Gasteiger partial charge in [0.15, 0.2) is 0 Å². The van der Waals surface area contributed by atoms with Crippen molar-refractivity contribution in [3.8, 4) is 17.2 Å². The molecule has 2 aromatic rings. The summed E-state index contributed by atoms with van der Waals surface area (Å²) in [6.07, 6.45) is -0.259. The van der Waals surface area contributed by atoms with Gasteiger partial charge in [0.2, 0.25) is 11.9 Å². The van der Waals surface area contributed by atoms with E-state index in [-0.39, 0.29) is 5.95 Å². The third-order valence-corrected chi connectivity index (χ3v) is 7.03. The van der Waals surface area contributed by atoms with Gasteiger partial charge in [0, 0.05) is 0 Å². The molecule has 1 aliphatic rings. The van der Waals surface area contributed by atoms with Crippen molar-refractivity contribution in [1.29, 1.82) is 0 Å². The van der Waals surface area contributed by atoms with E-state index in [1.807, 2.05) is 12.1 Å². The van der Waals surface area contributed by atoms with Crippen molar-refractivity contribution >= 4 is 42.2 Å². The summed E-state index contributed by atoms with van der Waals surface area (Å²) in [5, 5.41) is 4.15. The van der Waals surface area contributed by atoms with E-state index in [0.29, 0.717) is 28.0 Å². The minimum Gasteiger partial charge on any atom is -0.494 e. The van der Waals surface area contributed by atoms with Gasteiger partial charge in [0.25, 0.3) is 11.9 Å². The third kappa shape index (κ3) is 5.03. The maximum atomic E-state index is 12.7. The molecule has 1 aliphatic heterocycles. The lowest BCUT2D eigenvalue weighted by atomic mass is 10.2. The first-order valence-electron chi connectivity index (χ1n) is 9.56. The predicted octanol–water partition coefficient (Wildman–Crippen LogP) is 3.73. The van der Waals surface area contributed by atoms with E-state index in [2.05, 4.69) is 25.0 Å². The monoisotopic (exact) mass is 461 g/mol. The van der Waals surface area contributed by atoms with Gasteiger partial charge >= 0.3 is 0 Å². The van der Waals surface area contributed by atoms with Crippen molar-refractivity contribution in [3.63, 3.8) is 0 Å². The predicted molar refractivity (Wildman–Crippen MR) is 121 cm³/mol. The van der Waals surface area contributed by atoms with Crippen molar-refractivity contribution in [2.75, 3.05) is 19.5 Å². The fourth-order valence-corrected chi connectivity index (χ4v) is 4.26. The normalized spacial score (nSPS) is 15.7. The summed E-state index contributed by atoms with van der Waals surface area (Å²) in [7, 11) is 1.33. The van der Waals surface area contributed by atoms with Crippen molar-refractivity contribution in [3.05, 3.63) is 53.4 Å². The highest BCUT2D eigenvalue weighted by Gasteiger charge is 2.36. The first kappa shape index (κ1) is 22.7. The number of ketones is 1. The number of carbonyl (C=O) groups excluding carboxylic acids is 2. The first-order chi connectivity index (χ1) is 14.6. The van der Waals surface area contributed by atoms with E-state index in [1.165, 1.54) is 14.2 Å². The zero-order chi connectivity index (χ0) is 22.8. The zero-order valence-electron chi connectivity index (χ0n) is 17.9. The van der Waals surface area contributed by atoms with Crippen LogP contribution in [0.5, 0.6) is 17.2 Å². The number of anilines is 1. The molecule has 1 N–H and O–H groups in total. The Morgan fingerprint density at radius 1 is 1.06 bits per heavy atom. The Morgan fingerprint density at radius 2 is 1.71 bits per heavy atom. The van der Waals surface area contributed by atoms with Crippen molar-refractivity contribution in [2.45, 2.75) is 25.7 Å². The minimum atomic E-state index is -1.60. The van der Waals surface area contributed by atoms with E-state index in [1.54, 1.807) is 24.3 Å². The molecule has 0 bridgehead atoms. The SMILES string of the molecule is COc1cccc(OC)c1NC(=O)C1OC(Oc2cc([Si](C)(C)C)ccc2Cl)=CC1=O. The van der Waals surface area contributed by atoms with Gasteiger partial charge in [0.05, 0.1) is 33.4 Å². The summed E-state index contributed by atoms with van der Waals surface area (Å²) in [5.74, 6) is -0.168. The van der Waals surface area contributed by atoms with Crippen molar-refractivity contribution in [2.24, 2.45) is 0 Å². The molecular weight excluding hydrogens is 438 g/mol. The molecule has 0 aromatic heterocycles. The van der Waals surface area contributed by atoms with Crippen LogP contribution in [0.3, 0.4) is 0 Å². The first-order valence-corrected chi connectivity index (χ1v) is 13.4. The molecule has 3 rings (SSSR count). The molecular formula is C22H24ClNO6Si. The second-order valence-electron chi connectivity index (χ2n) is 7.89. The average molecular weight is 462 g/mol. The number of hydrogen-bond donors (Lipinski definition) is 1. The van der Waals surface area contributed by atoms with Gasteiger partial charge in [-0.05, 0) is 24.3 Å². The number of halogens is 1. The number of ether oxygens (including phenoxy) is 4. The molecule has 0 aliphatic carbocycles. The number of carbonyl (C=O) groups is 2. The molecule has 31 heavy (non-hydrogen) atoms. The van der Waals surface area contributed by atoms with Crippen LogP contribution in [-0.2, 0) is 14.3 Å². The summed E-state index contributed by atoms with van der Waals surface area (Å²) < 4.78 is 21.7. The number of hydrogen-bond acceptors (Lipinski definition) is 6. The quantitative estimate of drug-likeness (QED) is 0.499. The molecule has 7 nitrogen and oxygen atoms in total. The van der Waals surface area contributed by atoms with E-state index in [4.69, 9.17) is 30.5 Å². The Kier molecular flexibility index (Phi) is 6.61. The van der Waals surface area contributed by atoms with E-state index in [9.17, 15) is 9.59 Å². The van der Waals surface area contributed by atoms with E-state index < -0.39 is 25.9 Å². The van der Waals surface area contributed by atoms with Gasteiger partial charge in [-0.15, -0.1) is 0 Å². The molecule has 1 atom stereocenters. The summed E-state index contributed by atoms with van der Waals surface area (Å²) in [6, 6.07) is 10.6. The lowest BCUT2D eigenvalue weighted by Crippen LogP contribution is -2.37. The summed E-state index contributed by atoms with van der Waals surface area (Å²) in [5.41, 5.74) is 0.300. The van der Waals surface area contributed by atoms with Gasteiger partial charge in [0.1, 0.15) is 22.9 Å². The smallest absolute Gasteiger partial charge is 0.289 e. The van der Waals surface area contributed by atoms with Gasteiger partial charge in [-0.3, -0.25) is 9.59 Å². The fraction of sp³-hybridized carbons (Fsp3) is 0.273. The number of methoxy groups -OCH3 is 2. The molecule has 0 fully saturated rings. The van der Waals surface area contributed by atoms with Crippen LogP contribution in [0.2, 0.25) is 24.7 Å². The lowest BCUT2D eigenvalue weighted by molar-refractivity contribution is -0.134. The molecule has 0 saturated carbocycles. The Morgan fingerprint density at radius 3 is 2.29 bits per heavy atom. The largest absolute Gasteiger partial charge is 0.494 e. The van der Waals surface area contributed by atoms with Crippen molar-refractivity contribution in [1.82, 2.24) is 0 Å². The summed E-state index contributed by atoms with van der Waals surface area (Å²) >= 11 is 6.25. The zero-order valence-corrected chi connectivity index (χ0v) is 19.7. The summed E-state index contributed by atoms with van der Waals surface area (Å²) in [6.45, 7) is 6.59. The highest BCUT2D eigenvalue weighted by atomic mass is 35.5. The molecule has 2 aromatic carbocycles. The fourth-order valence-electron chi connectivity index (χ4n) is 2.96. The molecule has 1 amide bonds. The van der Waals surface area contributed by atoms with Crippen LogP contribution in [-0.4, -0.2) is 40.1 Å². The Labute approximate surface area is 186 Å². The number of para-hydroxylation sites is 1. The van der Waals surface area contributed by atoms with Crippen LogP contribution >= 0.6 is 11.6 Å². The van der Waals surface area contributed by atoms with Crippen LogP contribution < -0.4 is 24.7 Å². The average Bonchev–Trinajstić information content (AvgIpc) is 3.09. The molecule has 164 valence electrons. The van der Waals surface area contributed by atoms with Crippen LogP contribution in [0.15, 0.2) is 48.4 Å². The Hall–Kier alpha value is -2.97. The Bertz CT molecular complexity index is 1020. The van der Waals surface area contributed by atoms with Gasteiger partial charge in [-0.25, -0.2) is 0 Å². The lowest BCUT2D eigenvalue weighted by Gasteiger charge is -2.19. The second kappa shape index (κ2) is 9.03. The maximum absolute atomic E-state index is 12.7. The summed E-state index contributed by atoms with van der Waals surface area (Å²) in [4.78, 5) is 25.1. The molecule has 0 radical (unpaired) electrons. The Balaban J connectivity index is 1.75. The van der Waals surface area contributed by atoms with Gasteiger partial charge in [-0.1, -0.05) is 48.6 Å². The second-order valence-corrected chi connectivity index (χ2v) is 13.4. The molecule has 0 spiro atoms. The highest BCUT2D eigenvalue weighted by molar-refractivity contribution is 6.88. The minimum absolute atomic E-state index is 0.0910. The number of benzene rings is 2. The molecule has 0 saturated heterocycles. The third-order valence-electron chi connectivity index (χ3n) is 4.67. The van der Waals surface area contributed by atoms with Crippen molar-refractivity contribution < 1.29 is 28.5 Å². The van der Waals surface area contributed by atoms with Gasteiger partial charge in [-0.2, -0.15) is 0 Å². The van der Waals surface area contributed by atoms with Crippen LogP contribution in [0.1, 0.15) is 0 Å². The topological polar surface area (TPSA) is 83.1 Å².